The van der Waals surface area contributed by atoms with Gasteiger partial charge in [0.1, 0.15) is 0 Å². The molecule has 0 saturated heterocycles. The highest BCUT2D eigenvalue weighted by atomic mass is 16.1. The molecule has 3 nitrogen and oxygen atoms in total. The van der Waals surface area contributed by atoms with E-state index in [1.807, 2.05) is 0 Å². The fourth-order valence-corrected chi connectivity index (χ4v) is 1.42. The summed E-state index contributed by atoms with van der Waals surface area (Å²) in [7, 11) is 0. The molecule has 0 aromatic carbocycles. The highest BCUT2D eigenvalue weighted by molar-refractivity contribution is 5.91. The molecule has 0 aromatic rings. The number of carbonyl (C=O) groups excluding carboxylic acids is 1. The molecule has 0 aliphatic rings. The van der Waals surface area contributed by atoms with Crippen LogP contribution in [0.15, 0.2) is 11.3 Å². The van der Waals surface area contributed by atoms with Crippen LogP contribution in [0, 0.1) is 0 Å². The molecule has 0 atom stereocenters. The maximum absolute atomic E-state index is 11.0. The molecule has 88 valence electrons. The second-order valence-corrected chi connectivity index (χ2v) is 3.85. The molecule has 0 heterocycles. The van der Waals surface area contributed by atoms with Crippen molar-refractivity contribution < 1.29 is 4.79 Å². The van der Waals surface area contributed by atoms with Gasteiger partial charge in [-0.1, -0.05) is 33.1 Å². The van der Waals surface area contributed by atoms with Crippen molar-refractivity contribution in [1.29, 1.82) is 0 Å². The molecular weight excluding hydrogens is 188 g/mol. The number of hydrogen-bond donors (Lipinski definition) is 2. The largest absolute Gasteiger partial charge is 0.388 e. The molecule has 0 aliphatic heterocycles. The Kier molecular flexibility index (Phi) is 7.78. The Hall–Kier alpha value is -0.990. The average molecular weight is 212 g/mol. The van der Waals surface area contributed by atoms with E-state index in [-0.39, 0.29) is 5.91 Å². The fourth-order valence-electron chi connectivity index (χ4n) is 1.42. The minimum Gasteiger partial charge on any atom is -0.388 e. The average Bonchev–Trinajstić information content (AvgIpc) is 2.21. The first-order valence-corrected chi connectivity index (χ1v) is 5.86. The van der Waals surface area contributed by atoms with Gasteiger partial charge in [-0.3, -0.25) is 4.79 Å². The molecule has 0 fully saturated rings. The van der Waals surface area contributed by atoms with Crippen LogP contribution in [0.1, 0.15) is 52.9 Å². The molecule has 15 heavy (non-hydrogen) atoms. The molecule has 0 aliphatic carbocycles. The number of amides is 1. The lowest BCUT2D eigenvalue weighted by molar-refractivity contribution is -0.114. The van der Waals surface area contributed by atoms with Crippen LogP contribution >= 0.6 is 0 Å². The highest BCUT2D eigenvalue weighted by Crippen LogP contribution is 2.08. The zero-order valence-corrected chi connectivity index (χ0v) is 10.2. The summed E-state index contributed by atoms with van der Waals surface area (Å²) in [4.78, 5) is 11.0. The molecule has 0 rings (SSSR count). The van der Waals surface area contributed by atoms with E-state index in [9.17, 15) is 4.79 Å². The quantitative estimate of drug-likeness (QED) is 0.479. The Balaban J connectivity index is 4.15. The number of rotatable bonds is 8. The van der Waals surface area contributed by atoms with Crippen LogP contribution in [0.3, 0.4) is 0 Å². The van der Waals surface area contributed by atoms with Crippen molar-refractivity contribution in [3.63, 3.8) is 0 Å². The van der Waals surface area contributed by atoms with E-state index in [1.165, 1.54) is 12.8 Å². The van der Waals surface area contributed by atoms with Gasteiger partial charge in [0.05, 0.1) is 0 Å². The summed E-state index contributed by atoms with van der Waals surface area (Å²) in [6.07, 6.45) is 5.52. The normalized spacial score (nSPS) is 12.2. The number of primary amides is 1. The number of allylic oxidation sites excluding steroid dienone is 1. The maximum Gasteiger partial charge on any atom is 0.246 e. The standard InChI is InChI=1S/C12H24N2O/c1-4-6-7-9-14-11(8-5-2)10(3)12(13)15/h14H,4-9H2,1-3H3,(H2,13,15)/b11-10-. The van der Waals surface area contributed by atoms with E-state index in [2.05, 4.69) is 19.2 Å². The summed E-state index contributed by atoms with van der Waals surface area (Å²) in [6, 6.07) is 0. The van der Waals surface area contributed by atoms with Gasteiger partial charge in [0, 0.05) is 17.8 Å². The lowest BCUT2D eigenvalue weighted by Crippen LogP contribution is -2.22. The summed E-state index contributed by atoms with van der Waals surface area (Å²) in [5.74, 6) is -0.318. The first-order chi connectivity index (χ1) is 7.13. The molecular formula is C12H24N2O. The molecule has 3 heteroatoms. The number of carbonyl (C=O) groups is 1. The summed E-state index contributed by atoms with van der Waals surface area (Å²) >= 11 is 0. The lowest BCUT2D eigenvalue weighted by atomic mass is 10.1. The Labute approximate surface area is 93.1 Å². The number of hydrogen-bond acceptors (Lipinski definition) is 2. The SMILES string of the molecule is CCCCCN/C(CCC)=C(/C)C(N)=O. The van der Waals surface area contributed by atoms with E-state index in [0.717, 1.165) is 31.5 Å². The third-order valence-electron chi connectivity index (χ3n) is 2.44. The van der Waals surface area contributed by atoms with Crippen molar-refractivity contribution in [2.24, 2.45) is 5.73 Å². The van der Waals surface area contributed by atoms with E-state index in [1.54, 1.807) is 6.92 Å². The number of nitrogens with two attached hydrogens (primary N) is 1. The van der Waals surface area contributed by atoms with Gasteiger partial charge in [-0.25, -0.2) is 0 Å². The van der Waals surface area contributed by atoms with Crippen LogP contribution in [0.4, 0.5) is 0 Å². The third-order valence-corrected chi connectivity index (χ3v) is 2.44. The fraction of sp³-hybridized carbons (Fsp3) is 0.750. The van der Waals surface area contributed by atoms with Gasteiger partial charge in [0.15, 0.2) is 0 Å². The maximum atomic E-state index is 11.0. The van der Waals surface area contributed by atoms with Crippen LogP contribution in [0.25, 0.3) is 0 Å². The molecule has 1 amide bonds. The molecule has 0 bridgehead atoms. The minimum absolute atomic E-state index is 0.318. The topological polar surface area (TPSA) is 55.1 Å². The zero-order valence-electron chi connectivity index (χ0n) is 10.2. The molecule has 0 spiro atoms. The van der Waals surface area contributed by atoms with Crippen LogP contribution in [0.5, 0.6) is 0 Å². The van der Waals surface area contributed by atoms with Gasteiger partial charge in [0.25, 0.3) is 0 Å². The molecule has 0 aromatic heterocycles. The molecule has 0 unspecified atom stereocenters. The molecule has 3 N–H and O–H groups in total. The van der Waals surface area contributed by atoms with Gasteiger partial charge in [-0.15, -0.1) is 0 Å². The van der Waals surface area contributed by atoms with Gasteiger partial charge in [-0.2, -0.15) is 0 Å². The van der Waals surface area contributed by atoms with Crippen molar-refractivity contribution in [3.05, 3.63) is 11.3 Å². The monoisotopic (exact) mass is 212 g/mol. The molecule has 0 saturated carbocycles. The lowest BCUT2D eigenvalue weighted by Gasteiger charge is -2.12. The molecule has 0 radical (unpaired) electrons. The first kappa shape index (κ1) is 14.0. The van der Waals surface area contributed by atoms with Gasteiger partial charge in [0.2, 0.25) is 5.91 Å². The Morgan fingerprint density at radius 2 is 1.87 bits per heavy atom. The Morgan fingerprint density at radius 3 is 2.33 bits per heavy atom. The summed E-state index contributed by atoms with van der Waals surface area (Å²) < 4.78 is 0. The predicted molar refractivity (Wildman–Crippen MR) is 64.3 cm³/mol. The van der Waals surface area contributed by atoms with Gasteiger partial charge in [-0.05, 0) is 19.8 Å². The van der Waals surface area contributed by atoms with Gasteiger partial charge < -0.3 is 11.1 Å². The summed E-state index contributed by atoms with van der Waals surface area (Å²) in [5, 5.41) is 3.32. The predicted octanol–water partition coefficient (Wildman–Crippen LogP) is 2.33. The van der Waals surface area contributed by atoms with E-state index in [0.29, 0.717) is 5.57 Å². The second kappa shape index (κ2) is 8.33. The number of unbranched alkanes of at least 4 members (excludes halogenated alkanes) is 2. The summed E-state index contributed by atoms with van der Waals surface area (Å²) in [6.45, 7) is 7.01. The Bertz CT molecular complexity index is 222. The summed E-state index contributed by atoms with van der Waals surface area (Å²) in [5.41, 5.74) is 6.95. The van der Waals surface area contributed by atoms with E-state index >= 15 is 0 Å². The van der Waals surface area contributed by atoms with Crippen molar-refractivity contribution >= 4 is 5.91 Å². The Morgan fingerprint density at radius 1 is 1.20 bits per heavy atom. The smallest absolute Gasteiger partial charge is 0.246 e. The van der Waals surface area contributed by atoms with Crippen molar-refractivity contribution in [1.82, 2.24) is 5.32 Å². The van der Waals surface area contributed by atoms with Gasteiger partial charge >= 0.3 is 0 Å². The van der Waals surface area contributed by atoms with E-state index < -0.39 is 0 Å². The second-order valence-electron chi connectivity index (χ2n) is 3.85. The van der Waals surface area contributed by atoms with Crippen molar-refractivity contribution in [2.75, 3.05) is 6.54 Å². The highest BCUT2D eigenvalue weighted by Gasteiger charge is 2.05. The minimum atomic E-state index is -0.318. The van der Waals surface area contributed by atoms with E-state index in [4.69, 9.17) is 5.73 Å². The first-order valence-electron chi connectivity index (χ1n) is 5.86. The third kappa shape index (κ3) is 6.15. The van der Waals surface area contributed by atoms with Crippen molar-refractivity contribution in [2.45, 2.75) is 52.9 Å². The van der Waals surface area contributed by atoms with Crippen LogP contribution in [-0.2, 0) is 4.79 Å². The zero-order chi connectivity index (χ0) is 11.7. The number of nitrogens with one attached hydrogen (secondary N) is 1. The van der Waals surface area contributed by atoms with Crippen molar-refractivity contribution in [3.8, 4) is 0 Å². The van der Waals surface area contributed by atoms with Crippen LogP contribution in [0.2, 0.25) is 0 Å². The van der Waals surface area contributed by atoms with Crippen LogP contribution in [-0.4, -0.2) is 12.5 Å². The van der Waals surface area contributed by atoms with Crippen LogP contribution < -0.4 is 11.1 Å².